The number of benzene rings is 17. The van der Waals surface area contributed by atoms with Crippen LogP contribution >= 0.6 is 50.7 Å². The van der Waals surface area contributed by atoms with Crippen molar-refractivity contribution in [3.05, 3.63) is 421 Å². The summed E-state index contributed by atoms with van der Waals surface area (Å²) in [4.78, 5) is 24.4. The molecule has 0 radical (unpaired) electrons. The van der Waals surface area contributed by atoms with Gasteiger partial charge in [0.25, 0.3) is 0 Å². The van der Waals surface area contributed by atoms with E-state index in [1.807, 2.05) is 109 Å². The second-order valence-corrected chi connectivity index (χ2v) is 30.3. The molecule has 0 saturated carbocycles. The van der Waals surface area contributed by atoms with Crippen molar-refractivity contribution in [1.82, 2.24) is 0 Å². The average molecular weight is 1720 g/mol. The minimum atomic E-state index is -1.51. The summed E-state index contributed by atoms with van der Waals surface area (Å²) in [7, 11) is 0. The third kappa shape index (κ3) is 17.4. The number of carbonyl (C=O) groups excluding carboxylic acids is 2. The minimum Gasteiger partial charge on any atom is -1.00 e. The Labute approximate surface area is 748 Å². The number of fused-ring (bicyclic) bond motifs is 11. The molecule has 2 N–H and O–H groups in total. The van der Waals surface area contributed by atoms with Gasteiger partial charge in [-0.1, -0.05) is 312 Å². The van der Waals surface area contributed by atoms with Crippen LogP contribution in [0.5, 0.6) is 0 Å². The number of ether oxygens (including phenoxy) is 1. The fourth-order valence-corrected chi connectivity index (χ4v) is 16.1. The van der Waals surface area contributed by atoms with Crippen molar-refractivity contribution < 1.29 is 119 Å². The van der Waals surface area contributed by atoms with E-state index in [-0.39, 0.29) is 106 Å². The molecule has 1 aliphatic heterocycles. The van der Waals surface area contributed by atoms with Gasteiger partial charge in [0.1, 0.15) is 11.2 Å². The summed E-state index contributed by atoms with van der Waals surface area (Å²) >= 11 is 22.4. The van der Waals surface area contributed by atoms with Gasteiger partial charge in [-0.15, -0.1) is 0 Å². The summed E-state index contributed by atoms with van der Waals surface area (Å²) in [5, 5.41) is 43.8. The molecule has 112 heavy (non-hydrogen) atoms. The second-order valence-electron chi connectivity index (χ2n) is 28.1. The number of hydrogen-bond donors (Lipinski definition) is 2. The molecule has 542 valence electrons. The Morgan fingerprint density at radius 3 is 1.13 bits per heavy atom. The fourth-order valence-electron chi connectivity index (χ4n) is 15.2. The van der Waals surface area contributed by atoms with E-state index >= 15 is 0 Å². The van der Waals surface area contributed by atoms with E-state index in [0.29, 0.717) is 54.6 Å². The van der Waals surface area contributed by atoms with Crippen LogP contribution in [0.2, 0.25) is 15.1 Å². The summed E-state index contributed by atoms with van der Waals surface area (Å²) in [6, 6.07) is 113. The zero-order chi connectivity index (χ0) is 75.3. The topological polar surface area (TPSA) is 83.8 Å². The molecule has 1 saturated heterocycles. The maximum Gasteiger partial charge on any atom is 1.00 e. The summed E-state index contributed by atoms with van der Waals surface area (Å²) in [5.41, 5.74) is 7.58. The first-order valence-corrected chi connectivity index (χ1v) is 38.4. The maximum atomic E-state index is 12.7. The number of carbonyl (C=O) groups is 2. The van der Waals surface area contributed by atoms with Crippen LogP contribution in [0.3, 0.4) is 0 Å². The Morgan fingerprint density at radius 2 is 0.661 bits per heavy atom. The van der Waals surface area contributed by atoms with Crippen LogP contribution in [-0.4, -0.2) is 35.0 Å². The van der Waals surface area contributed by atoms with Crippen LogP contribution in [-0.2, 0) is 15.9 Å². The van der Waals surface area contributed by atoms with Crippen LogP contribution in [0.4, 0.5) is 0 Å². The van der Waals surface area contributed by atoms with Crippen LogP contribution < -0.4 is 94.2 Å². The van der Waals surface area contributed by atoms with Gasteiger partial charge < -0.3 is 44.8 Å². The smallest absolute Gasteiger partial charge is 1.00 e. The molecule has 17 aromatic carbocycles. The average Bonchev–Trinajstić information content (AvgIpc) is 0.716. The first-order chi connectivity index (χ1) is 53.0. The SMILES string of the molecule is Brc1ccc2ccccc2c1.C1CCOC1.C[C-](C)C.Clc1ccc2c(-c3ccc4ccccc4c3)c3ccccc3c(-c3ccc4ccccc4c3)c2c1.O=C1c2ccccc2C(=O)c2cc(Cl)ccc21.OC1(c2ccc3ccccc3c2)c2ccccc2C(O)(c2ccc3ccccc3c2)c2cc(Cl)ccc21.[I-].[K+].[Li+]. The summed E-state index contributed by atoms with van der Waals surface area (Å²) < 4.78 is 6.08. The minimum absolute atomic E-state index is 0. The Kier molecular flexibility index (Phi) is 27.7. The molecule has 0 aromatic heterocycles. The predicted molar refractivity (Wildman–Crippen MR) is 459 cm³/mol. The van der Waals surface area contributed by atoms with E-state index in [9.17, 15) is 19.8 Å². The zero-order valence-corrected chi connectivity index (χ0v) is 71.8. The first kappa shape index (κ1) is 83.5. The normalized spacial score (nSPS) is 14.8. The van der Waals surface area contributed by atoms with E-state index < -0.39 is 11.2 Å². The summed E-state index contributed by atoms with van der Waals surface area (Å²) in [5.74, 6) is 1.16. The van der Waals surface area contributed by atoms with E-state index in [1.54, 1.807) is 54.6 Å². The van der Waals surface area contributed by atoms with E-state index in [2.05, 4.69) is 213 Å². The van der Waals surface area contributed by atoms with Gasteiger partial charge in [-0.25, -0.2) is 0 Å². The molecule has 17 aromatic rings. The Morgan fingerprint density at radius 1 is 0.330 bits per heavy atom. The molecule has 5 nitrogen and oxygen atoms in total. The van der Waals surface area contributed by atoms with Gasteiger partial charge in [0.15, 0.2) is 11.6 Å². The molecule has 12 heteroatoms. The number of halogens is 5. The Bertz CT molecular complexity index is 6340. The van der Waals surface area contributed by atoms with Gasteiger partial charge in [-0.3, -0.25) is 9.59 Å². The number of hydrogen-bond acceptors (Lipinski definition) is 5. The predicted octanol–water partition coefficient (Wildman–Crippen LogP) is 18.0. The van der Waals surface area contributed by atoms with Crippen LogP contribution in [0.25, 0.3) is 97.7 Å². The van der Waals surface area contributed by atoms with Crippen molar-refractivity contribution in [2.45, 2.75) is 44.8 Å². The monoisotopic (exact) mass is 1710 g/mol. The number of aliphatic hydroxyl groups is 2. The Hall–Kier alpha value is -7.91. The molecule has 1 heterocycles. The van der Waals surface area contributed by atoms with Gasteiger partial charge in [0, 0.05) is 60.6 Å². The summed E-state index contributed by atoms with van der Waals surface area (Å²) in [6.07, 6.45) is 2.56. The third-order valence-electron chi connectivity index (χ3n) is 20.3. The molecule has 0 spiro atoms. The molecule has 2 atom stereocenters. The van der Waals surface area contributed by atoms with E-state index in [4.69, 9.17) is 39.5 Å². The van der Waals surface area contributed by atoms with Gasteiger partial charge in [0.05, 0.1) is 0 Å². The summed E-state index contributed by atoms with van der Waals surface area (Å²) in [6.45, 7) is 8.25. The van der Waals surface area contributed by atoms with E-state index in [1.165, 1.54) is 94.9 Å². The van der Waals surface area contributed by atoms with Crippen molar-refractivity contribution in [2.24, 2.45) is 0 Å². The largest absolute Gasteiger partial charge is 1.00 e. The molecule has 0 amide bonds. The van der Waals surface area contributed by atoms with Crippen molar-refractivity contribution in [1.29, 1.82) is 0 Å². The Balaban J connectivity index is 0.000000142. The van der Waals surface area contributed by atoms with E-state index in [0.717, 1.165) is 55.4 Å². The third-order valence-corrected chi connectivity index (χ3v) is 21.5. The van der Waals surface area contributed by atoms with Crippen LogP contribution in [0.1, 0.15) is 98.8 Å². The maximum absolute atomic E-state index is 12.7. The molecule has 0 bridgehead atoms. The number of rotatable bonds is 4. The molecule has 3 aliphatic rings. The van der Waals surface area contributed by atoms with Crippen molar-refractivity contribution in [2.75, 3.05) is 13.2 Å². The first-order valence-electron chi connectivity index (χ1n) is 36.5. The van der Waals surface area contributed by atoms with Crippen molar-refractivity contribution >= 4 is 138 Å². The standard InChI is InChI=1S/C34H23ClO2.C34H21Cl.C14H7ClO2.C10H7Br.C4H8O.C4H9.HI.K.Li/c35-28-17-18-31-32(21-28)34(37,27-16-14-23-8-2-4-10-25(23)20-27)30-12-6-5-11-29(30)33(31,36)26-15-13-22-7-1-3-9-24(22)19-26;35-28-17-18-31-32(21-28)34(27-16-14-23-8-2-4-10-25(23)20-27)30-12-6-5-11-29(30)33(31)26-15-13-22-7-1-3-9-24(22)19-26;15-8-5-6-11-12(7-8)14(17)10-4-2-1-3-9(10)13(11)16;11-10-6-5-8-3-1-2-4-9(8)7-10;1-2-4-5-3-1;1-4(2)3;;;/h1-21,36-37H;1-21H;1-7H;1-7H;1-4H2;1-3H3;1H;;/q;;;;;-1;;2*+1/p-1. The van der Waals surface area contributed by atoms with Crippen molar-refractivity contribution in [3.63, 3.8) is 0 Å². The molecule has 2 unspecified atom stereocenters. The number of ketones is 2. The molecular formula is C100H75BrCl3IKLiO5. The van der Waals surface area contributed by atoms with Gasteiger partial charge >= 0.3 is 70.2 Å². The van der Waals surface area contributed by atoms with Crippen LogP contribution in [0, 0.1) is 5.92 Å². The fraction of sp³-hybridized carbons (Fsp3) is 0.0900. The molecule has 2 aliphatic carbocycles. The molecular weight excluding hydrogens is 1640 g/mol. The van der Waals surface area contributed by atoms with Gasteiger partial charge in [-0.2, -0.15) is 20.8 Å². The van der Waals surface area contributed by atoms with Crippen molar-refractivity contribution in [3.8, 4) is 22.3 Å². The van der Waals surface area contributed by atoms with Crippen LogP contribution in [0.15, 0.2) is 344 Å². The second kappa shape index (κ2) is 37.1. The quantitative estimate of drug-likeness (QED) is 0.0794. The molecule has 20 rings (SSSR count). The van der Waals surface area contributed by atoms with Gasteiger partial charge in [-0.05, 0) is 217 Å². The molecule has 1 fully saturated rings. The zero-order valence-electron chi connectivity index (χ0n) is 62.7. The van der Waals surface area contributed by atoms with Gasteiger partial charge in [0.2, 0.25) is 0 Å².